The maximum absolute atomic E-state index is 3.96. The summed E-state index contributed by atoms with van der Waals surface area (Å²) in [5.74, 6) is 1.35. The van der Waals surface area contributed by atoms with Crippen molar-refractivity contribution in [2.24, 2.45) is 7.05 Å². The van der Waals surface area contributed by atoms with Gasteiger partial charge in [-0.15, -0.1) is 5.10 Å². The topological polar surface area (TPSA) is 43.6 Å². The Morgan fingerprint density at radius 3 is 1.84 bits per heavy atom. The van der Waals surface area contributed by atoms with Crippen LogP contribution >= 0.6 is 0 Å². The van der Waals surface area contributed by atoms with Gasteiger partial charge in [-0.05, 0) is 21.9 Å². The van der Waals surface area contributed by atoms with Gasteiger partial charge in [0.05, 0.1) is 0 Å². The Morgan fingerprint density at radius 1 is 0.947 bits per heavy atom. The summed E-state index contributed by atoms with van der Waals surface area (Å²) >= 11 is 0. The number of benzene rings is 1. The van der Waals surface area contributed by atoms with Crippen LogP contribution in [-0.2, 0) is 7.05 Å². The highest BCUT2D eigenvalue weighted by molar-refractivity contribution is 5.54. The first-order valence-corrected chi connectivity index (χ1v) is 7.01. The number of aryl methyl sites for hydroxylation is 1. The summed E-state index contributed by atoms with van der Waals surface area (Å²) in [7, 11) is 1.84. The van der Waals surface area contributed by atoms with Gasteiger partial charge in [-0.2, -0.15) is 0 Å². The molecule has 4 nitrogen and oxygen atoms in total. The molecule has 0 fully saturated rings. The van der Waals surface area contributed by atoms with Crippen molar-refractivity contribution in [2.45, 2.75) is 47.5 Å². The fourth-order valence-electron chi connectivity index (χ4n) is 1.49. The van der Waals surface area contributed by atoms with Gasteiger partial charge in [0.1, 0.15) is 0 Å². The first kappa shape index (κ1) is 17.3. The molecule has 0 aliphatic carbocycles. The number of tetrazole rings is 1. The molecule has 0 unspecified atom stereocenters. The smallest absolute Gasteiger partial charge is 0.181 e. The largest absolute Gasteiger partial charge is 0.229 e. The standard InChI is InChI=1S/C11H14N4.2C2H6/c1-8(2)9-4-6-10(7-5-9)11-12-13-14-15(11)3;2*1-2/h4-8H,1-3H3;2*1-2H3. The van der Waals surface area contributed by atoms with Gasteiger partial charge < -0.3 is 0 Å². The number of hydrogen-bond donors (Lipinski definition) is 0. The molecule has 2 aromatic rings. The lowest BCUT2D eigenvalue weighted by Gasteiger charge is -2.05. The second kappa shape index (κ2) is 9.25. The van der Waals surface area contributed by atoms with Crippen LogP contribution in [-0.4, -0.2) is 20.2 Å². The molecule has 0 atom stereocenters. The number of nitrogens with zero attached hydrogens (tertiary/aromatic N) is 4. The van der Waals surface area contributed by atoms with E-state index in [1.807, 2.05) is 34.7 Å². The normalized spacial score (nSPS) is 9.26. The molecule has 19 heavy (non-hydrogen) atoms. The molecule has 0 bridgehead atoms. The summed E-state index contributed by atoms with van der Waals surface area (Å²) in [6.07, 6.45) is 0. The Hall–Kier alpha value is -1.71. The van der Waals surface area contributed by atoms with Crippen LogP contribution in [0.4, 0.5) is 0 Å². The van der Waals surface area contributed by atoms with Crippen molar-refractivity contribution in [2.75, 3.05) is 0 Å². The van der Waals surface area contributed by atoms with E-state index in [-0.39, 0.29) is 0 Å². The van der Waals surface area contributed by atoms with Crippen molar-refractivity contribution in [1.82, 2.24) is 20.2 Å². The summed E-state index contributed by atoms with van der Waals surface area (Å²) in [4.78, 5) is 0. The molecule has 1 heterocycles. The van der Waals surface area contributed by atoms with Crippen molar-refractivity contribution < 1.29 is 0 Å². The molecular formula is C15H26N4. The van der Waals surface area contributed by atoms with E-state index in [4.69, 9.17) is 0 Å². The van der Waals surface area contributed by atoms with Crippen LogP contribution in [0.25, 0.3) is 11.4 Å². The summed E-state index contributed by atoms with van der Waals surface area (Å²) in [6.45, 7) is 12.4. The van der Waals surface area contributed by atoms with E-state index in [1.54, 1.807) is 4.68 Å². The zero-order valence-electron chi connectivity index (χ0n) is 13.2. The van der Waals surface area contributed by atoms with Crippen LogP contribution in [0.5, 0.6) is 0 Å². The third-order valence-electron chi connectivity index (χ3n) is 2.46. The molecule has 2 rings (SSSR count). The van der Waals surface area contributed by atoms with E-state index in [9.17, 15) is 0 Å². The molecular weight excluding hydrogens is 236 g/mol. The van der Waals surface area contributed by atoms with Gasteiger partial charge in [0.15, 0.2) is 5.82 Å². The van der Waals surface area contributed by atoms with Gasteiger partial charge in [0.25, 0.3) is 0 Å². The summed E-state index contributed by atoms with van der Waals surface area (Å²) in [5, 5.41) is 11.4. The fourth-order valence-corrected chi connectivity index (χ4v) is 1.49. The molecule has 0 amide bonds. The highest BCUT2D eigenvalue weighted by Crippen LogP contribution is 2.19. The second-order valence-electron chi connectivity index (χ2n) is 3.90. The lowest BCUT2D eigenvalue weighted by Crippen LogP contribution is -1.95. The number of hydrogen-bond acceptors (Lipinski definition) is 3. The zero-order valence-corrected chi connectivity index (χ0v) is 13.2. The Labute approximate surface area is 116 Å². The Morgan fingerprint density at radius 2 is 1.47 bits per heavy atom. The monoisotopic (exact) mass is 262 g/mol. The minimum Gasteiger partial charge on any atom is -0.229 e. The van der Waals surface area contributed by atoms with Crippen molar-refractivity contribution in [1.29, 1.82) is 0 Å². The molecule has 1 aromatic heterocycles. The van der Waals surface area contributed by atoms with Gasteiger partial charge in [0.2, 0.25) is 0 Å². The van der Waals surface area contributed by atoms with Crippen LogP contribution < -0.4 is 0 Å². The summed E-state index contributed by atoms with van der Waals surface area (Å²) in [5.41, 5.74) is 2.38. The van der Waals surface area contributed by atoms with Crippen molar-refractivity contribution in [3.05, 3.63) is 29.8 Å². The van der Waals surface area contributed by atoms with E-state index < -0.39 is 0 Å². The molecule has 4 heteroatoms. The second-order valence-corrected chi connectivity index (χ2v) is 3.90. The van der Waals surface area contributed by atoms with E-state index in [0.717, 1.165) is 11.4 Å². The lowest BCUT2D eigenvalue weighted by molar-refractivity contribution is 0.714. The first-order chi connectivity index (χ1) is 9.18. The molecule has 0 aliphatic rings. The van der Waals surface area contributed by atoms with Crippen molar-refractivity contribution in [3.63, 3.8) is 0 Å². The summed E-state index contributed by atoms with van der Waals surface area (Å²) in [6, 6.07) is 8.35. The SMILES string of the molecule is CC.CC.CC(C)c1ccc(-c2nnnn2C)cc1. The van der Waals surface area contributed by atoms with Crippen molar-refractivity contribution >= 4 is 0 Å². The van der Waals surface area contributed by atoms with Crippen LogP contribution in [0, 0.1) is 0 Å². The van der Waals surface area contributed by atoms with Crippen molar-refractivity contribution in [3.8, 4) is 11.4 Å². The van der Waals surface area contributed by atoms with Gasteiger partial charge in [0, 0.05) is 12.6 Å². The summed E-state index contributed by atoms with van der Waals surface area (Å²) < 4.78 is 1.67. The molecule has 0 N–H and O–H groups in total. The van der Waals surface area contributed by atoms with Crippen LogP contribution in [0.3, 0.4) is 0 Å². The number of rotatable bonds is 2. The Bertz CT molecular complexity index is 443. The molecule has 0 saturated heterocycles. The van der Waals surface area contributed by atoms with Crippen LogP contribution in [0.15, 0.2) is 24.3 Å². The fraction of sp³-hybridized carbons (Fsp3) is 0.533. The van der Waals surface area contributed by atoms with E-state index in [1.165, 1.54) is 5.56 Å². The maximum atomic E-state index is 3.96. The molecule has 106 valence electrons. The predicted molar refractivity (Wildman–Crippen MR) is 81.0 cm³/mol. The van der Waals surface area contributed by atoms with Gasteiger partial charge in [-0.1, -0.05) is 65.8 Å². The van der Waals surface area contributed by atoms with Gasteiger partial charge in [-0.3, -0.25) is 0 Å². The predicted octanol–water partition coefficient (Wildman–Crippen LogP) is 4.05. The van der Waals surface area contributed by atoms with Crippen LogP contribution in [0.1, 0.15) is 53.0 Å². The minimum atomic E-state index is 0.552. The van der Waals surface area contributed by atoms with Gasteiger partial charge in [-0.25, -0.2) is 4.68 Å². The Balaban J connectivity index is 0.000000741. The molecule has 1 aromatic carbocycles. The van der Waals surface area contributed by atoms with E-state index >= 15 is 0 Å². The highest BCUT2D eigenvalue weighted by Gasteiger charge is 2.05. The maximum Gasteiger partial charge on any atom is 0.181 e. The van der Waals surface area contributed by atoms with Gasteiger partial charge >= 0.3 is 0 Å². The third-order valence-corrected chi connectivity index (χ3v) is 2.46. The molecule has 0 radical (unpaired) electrons. The van der Waals surface area contributed by atoms with Crippen LogP contribution in [0.2, 0.25) is 0 Å². The Kier molecular flexibility index (Phi) is 8.42. The highest BCUT2D eigenvalue weighted by atomic mass is 15.5. The molecule has 0 saturated carbocycles. The number of aromatic nitrogens is 4. The third kappa shape index (κ3) is 4.81. The zero-order chi connectivity index (χ0) is 14.8. The average molecular weight is 262 g/mol. The quantitative estimate of drug-likeness (QED) is 0.820. The average Bonchev–Trinajstić information content (AvgIpc) is 2.89. The van der Waals surface area contributed by atoms with E-state index in [2.05, 4.69) is 53.6 Å². The molecule has 0 spiro atoms. The molecule has 0 aliphatic heterocycles. The minimum absolute atomic E-state index is 0.552. The first-order valence-electron chi connectivity index (χ1n) is 7.01. The van der Waals surface area contributed by atoms with E-state index in [0.29, 0.717) is 5.92 Å². The lowest BCUT2D eigenvalue weighted by atomic mass is 10.0.